The van der Waals surface area contributed by atoms with Gasteiger partial charge in [-0.05, 0) is 31.9 Å². The quantitative estimate of drug-likeness (QED) is 0.732. The number of pyridine rings is 1. The summed E-state index contributed by atoms with van der Waals surface area (Å²) in [6.07, 6.45) is 4.05. The topological polar surface area (TPSA) is 57.2 Å². The van der Waals surface area contributed by atoms with Crippen LogP contribution in [0.5, 0.6) is 0 Å². The summed E-state index contributed by atoms with van der Waals surface area (Å²) >= 11 is 0. The van der Waals surface area contributed by atoms with E-state index in [2.05, 4.69) is 15.6 Å². The molecule has 17 heavy (non-hydrogen) atoms. The molecule has 1 saturated carbocycles. The Balaban J connectivity index is 1.91. The largest absolute Gasteiger partial charge is 0.388 e. The van der Waals surface area contributed by atoms with E-state index in [9.17, 15) is 5.11 Å². The van der Waals surface area contributed by atoms with E-state index in [1.165, 1.54) is 0 Å². The number of hydrogen-bond donors (Lipinski definition) is 3. The van der Waals surface area contributed by atoms with Crippen LogP contribution in [0.15, 0.2) is 18.2 Å². The Kier molecular flexibility index (Phi) is 3.84. The maximum atomic E-state index is 10.2. The average molecular weight is 235 g/mol. The number of aromatic nitrogens is 1. The molecule has 2 rings (SSSR count). The molecule has 1 fully saturated rings. The number of hydrogen-bond acceptors (Lipinski definition) is 4. The summed E-state index contributed by atoms with van der Waals surface area (Å²) in [5.74, 6) is 1.69. The average Bonchev–Trinajstić information content (AvgIpc) is 2.76. The zero-order valence-electron chi connectivity index (χ0n) is 10.4. The summed E-state index contributed by atoms with van der Waals surface area (Å²) in [4.78, 5) is 4.42. The van der Waals surface area contributed by atoms with Gasteiger partial charge in [-0.25, -0.2) is 4.98 Å². The van der Waals surface area contributed by atoms with E-state index in [1.54, 1.807) is 0 Å². The lowest BCUT2D eigenvalue weighted by atomic mass is 10.0. The molecular weight excluding hydrogens is 214 g/mol. The van der Waals surface area contributed by atoms with Crippen molar-refractivity contribution in [2.45, 2.75) is 38.2 Å². The summed E-state index contributed by atoms with van der Waals surface area (Å²) in [5, 5.41) is 16.6. The highest BCUT2D eigenvalue weighted by molar-refractivity contribution is 5.45. The summed E-state index contributed by atoms with van der Waals surface area (Å²) in [5.41, 5.74) is -0.532. The van der Waals surface area contributed by atoms with Gasteiger partial charge in [0.05, 0.1) is 5.60 Å². The summed E-state index contributed by atoms with van der Waals surface area (Å²) in [6.45, 7) is 3.50. The maximum Gasteiger partial charge on any atom is 0.128 e. The first kappa shape index (κ1) is 12.2. The van der Waals surface area contributed by atoms with Crippen molar-refractivity contribution >= 4 is 11.6 Å². The van der Waals surface area contributed by atoms with Gasteiger partial charge in [0.25, 0.3) is 0 Å². The normalized spacial score (nSPS) is 18.0. The van der Waals surface area contributed by atoms with E-state index in [0.29, 0.717) is 6.54 Å². The molecule has 4 heteroatoms. The molecule has 4 nitrogen and oxygen atoms in total. The van der Waals surface area contributed by atoms with Gasteiger partial charge in [0, 0.05) is 13.1 Å². The Hall–Kier alpha value is -1.29. The van der Waals surface area contributed by atoms with E-state index >= 15 is 0 Å². The molecule has 0 saturated heterocycles. The highest BCUT2D eigenvalue weighted by atomic mass is 16.3. The minimum absolute atomic E-state index is 0.532. The van der Waals surface area contributed by atoms with E-state index in [-0.39, 0.29) is 0 Å². The lowest BCUT2D eigenvalue weighted by Crippen LogP contribution is -2.33. The lowest BCUT2D eigenvalue weighted by molar-refractivity contribution is 0.0614. The van der Waals surface area contributed by atoms with E-state index in [1.807, 2.05) is 25.1 Å². The predicted molar refractivity (Wildman–Crippen MR) is 70.3 cm³/mol. The molecule has 1 aliphatic rings. The van der Waals surface area contributed by atoms with Crippen molar-refractivity contribution in [3.63, 3.8) is 0 Å². The van der Waals surface area contributed by atoms with Crippen LogP contribution in [0.3, 0.4) is 0 Å². The van der Waals surface area contributed by atoms with Crippen molar-refractivity contribution in [1.29, 1.82) is 0 Å². The number of rotatable bonds is 5. The third kappa shape index (κ3) is 3.33. The van der Waals surface area contributed by atoms with Crippen LogP contribution in [-0.4, -0.2) is 28.8 Å². The highest BCUT2D eigenvalue weighted by Crippen LogP contribution is 2.29. The molecular formula is C13H21N3O. The van der Waals surface area contributed by atoms with Gasteiger partial charge in [-0.1, -0.05) is 18.9 Å². The van der Waals surface area contributed by atoms with E-state index < -0.39 is 5.60 Å². The number of nitrogens with zero attached hydrogens (tertiary/aromatic N) is 1. The molecule has 0 aromatic carbocycles. The molecule has 0 radical (unpaired) electrons. The van der Waals surface area contributed by atoms with Crippen LogP contribution >= 0.6 is 0 Å². The fourth-order valence-electron chi connectivity index (χ4n) is 2.28. The van der Waals surface area contributed by atoms with Gasteiger partial charge < -0.3 is 15.7 Å². The van der Waals surface area contributed by atoms with Crippen LogP contribution in [0, 0.1) is 0 Å². The Bertz CT molecular complexity index is 361. The van der Waals surface area contributed by atoms with E-state index in [0.717, 1.165) is 43.9 Å². The number of anilines is 2. The minimum atomic E-state index is -0.532. The fourth-order valence-corrected chi connectivity index (χ4v) is 2.28. The van der Waals surface area contributed by atoms with Crippen LogP contribution in [0.2, 0.25) is 0 Å². The Labute approximate surface area is 102 Å². The zero-order valence-corrected chi connectivity index (χ0v) is 10.4. The van der Waals surface area contributed by atoms with Gasteiger partial charge >= 0.3 is 0 Å². The Morgan fingerprint density at radius 1 is 1.24 bits per heavy atom. The molecule has 0 amide bonds. The van der Waals surface area contributed by atoms with Gasteiger partial charge in [0.15, 0.2) is 0 Å². The van der Waals surface area contributed by atoms with Crippen molar-refractivity contribution in [3.8, 4) is 0 Å². The zero-order chi connectivity index (χ0) is 12.1. The lowest BCUT2D eigenvalue weighted by Gasteiger charge is -2.22. The number of nitrogens with one attached hydrogen (secondary N) is 2. The second kappa shape index (κ2) is 5.36. The van der Waals surface area contributed by atoms with Crippen molar-refractivity contribution < 1.29 is 5.11 Å². The highest BCUT2D eigenvalue weighted by Gasteiger charge is 2.30. The van der Waals surface area contributed by atoms with Crippen molar-refractivity contribution in [1.82, 2.24) is 4.98 Å². The van der Waals surface area contributed by atoms with Crippen LogP contribution in [-0.2, 0) is 0 Å². The van der Waals surface area contributed by atoms with Gasteiger partial charge in [-0.3, -0.25) is 0 Å². The Morgan fingerprint density at radius 2 is 1.88 bits per heavy atom. The summed E-state index contributed by atoms with van der Waals surface area (Å²) < 4.78 is 0. The van der Waals surface area contributed by atoms with Crippen LogP contribution < -0.4 is 10.6 Å². The van der Waals surface area contributed by atoms with Gasteiger partial charge in [0.2, 0.25) is 0 Å². The van der Waals surface area contributed by atoms with Gasteiger partial charge in [-0.15, -0.1) is 0 Å². The third-order valence-corrected chi connectivity index (χ3v) is 3.24. The van der Waals surface area contributed by atoms with Gasteiger partial charge in [0.1, 0.15) is 11.6 Å². The third-order valence-electron chi connectivity index (χ3n) is 3.24. The van der Waals surface area contributed by atoms with Crippen LogP contribution in [0.4, 0.5) is 11.6 Å². The molecule has 94 valence electrons. The first-order valence-corrected chi connectivity index (χ1v) is 6.39. The number of aliphatic hydroxyl groups is 1. The van der Waals surface area contributed by atoms with Crippen LogP contribution in [0.25, 0.3) is 0 Å². The molecule has 1 aliphatic carbocycles. The molecule has 0 atom stereocenters. The second-order valence-corrected chi connectivity index (χ2v) is 4.72. The van der Waals surface area contributed by atoms with Crippen molar-refractivity contribution in [2.75, 3.05) is 23.7 Å². The first-order chi connectivity index (χ1) is 8.22. The SMILES string of the molecule is CCNc1cccc(NCC2(O)CCCC2)n1. The van der Waals surface area contributed by atoms with Crippen molar-refractivity contribution in [3.05, 3.63) is 18.2 Å². The van der Waals surface area contributed by atoms with Crippen molar-refractivity contribution in [2.24, 2.45) is 0 Å². The molecule has 0 bridgehead atoms. The summed E-state index contributed by atoms with van der Waals surface area (Å²) in [6, 6.07) is 5.84. The molecule has 0 unspecified atom stereocenters. The molecule has 1 aromatic rings. The Morgan fingerprint density at radius 3 is 2.53 bits per heavy atom. The maximum absolute atomic E-state index is 10.2. The molecule has 1 aromatic heterocycles. The van der Waals surface area contributed by atoms with Gasteiger partial charge in [-0.2, -0.15) is 0 Å². The molecule has 0 aliphatic heterocycles. The fraction of sp³-hybridized carbons (Fsp3) is 0.615. The smallest absolute Gasteiger partial charge is 0.128 e. The standard InChI is InChI=1S/C13H21N3O/c1-2-14-11-6-5-7-12(16-11)15-10-13(17)8-3-4-9-13/h5-7,17H,2-4,8-10H2,1H3,(H2,14,15,16). The van der Waals surface area contributed by atoms with E-state index in [4.69, 9.17) is 0 Å². The summed E-state index contributed by atoms with van der Waals surface area (Å²) in [7, 11) is 0. The monoisotopic (exact) mass is 235 g/mol. The van der Waals surface area contributed by atoms with Crippen LogP contribution in [0.1, 0.15) is 32.6 Å². The first-order valence-electron chi connectivity index (χ1n) is 6.39. The molecule has 0 spiro atoms. The molecule has 3 N–H and O–H groups in total. The second-order valence-electron chi connectivity index (χ2n) is 4.72. The predicted octanol–water partition coefficient (Wildman–Crippen LogP) is 2.23. The molecule has 1 heterocycles. The minimum Gasteiger partial charge on any atom is -0.388 e.